The third-order valence-electron chi connectivity index (χ3n) is 4.89. The lowest BCUT2D eigenvalue weighted by atomic mass is 10.2. The number of nitro benzene ring substituents is 1. The number of carbonyl (C=O) groups excluding carboxylic acids is 1. The van der Waals surface area contributed by atoms with Gasteiger partial charge in [-0.3, -0.25) is 19.8 Å². The van der Waals surface area contributed by atoms with E-state index < -0.39 is 4.92 Å². The van der Waals surface area contributed by atoms with Crippen LogP contribution in [0.4, 0.5) is 10.8 Å². The number of nitro groups is 1. The average molecular weight is 471 g/mol. The van der Waals surface area contributed by atoms with Crippen LogP contribution in [-0.4, -0.2) is 62.1 Å². The van der Waals surface area contributed by atoms with Crippen molar-refractivity contribution >= 4 is 44.4 Å². The Bertz CT molecular complexity index is 1120. The van der Waals surface area contributed by atoms with Crippen LogP contribution in [0.1, 0.15) is 12.0 Å². The standard InChI is InChI=1S/C23H26N4O5S/c1-25(2)12-5-13-26(22(28)11-8-16-6-9-17(10-7-16)27(29)30)23-24-18-14-19(31-3)20(32-4)15-21(18)33-23/h6-11,14-15H,5,12-13H2,1-4H3. The molecule has 0 N–H and O–H groups in total. The second-order valence-electron chi connectivity index (χ2n) is 7.50. The van der Waals surface area contributed by atoms with Crippen molar-refractivity contribution in [1.29, 1.82) is 0 Å². The van der Waals surface area contributed by atoms with Crippen LogP contribution in [0.2, 0.25) is 0 Å². The number of methoxy groups -OCH3 is 2. The third kappa shape index (κ3) is 6.05. The maximum absolute atomic E-state index is 13.1. The highest BCUT2D eigenvalue weighted by Crippen LogP contribution is 2.37. The summed E-state index contributed by atoms with van der Waals surface area (Å²) in [6.45, 7) is 1.32. The molecule has 10 heteroatoms. The number of hydrogen-bond acceptors (Lipinski definition) is 8. The van der Waals surface area contributed by atoms with Crippen LogP contribution in [0.3, 0.4) is 0 Å². The lowest BCUT2D eigenvalue weighted by Gasteiger charge is -2.19. The molecule has 1 aromatic heterocycles. The van der Waals surface area contributed by atoms with Crippen molar-refractivity contribution in [3.63, 3.8) is 0 Å². The second-order valence-corrected chi connectivity index (χ2v) is 8.51. The Balaban J connectivity index is 1.88. The summed E-state index contributed by atoms with van der Waals surface area (Å²) in [4.78, 5) is 31.9. The van der Waals surface area contributed by atoms with Crippen LogP contribution < -0.4 is 14.4 Å². The number of hydrogen-bond donors (Lipinski definition) is 0. The van der Waals surface area contributed by atoms with Gasteiger partial charge in [-0.2, -0.15) is 0 Å². The largest absolute Gasteiger partial charge is 0.493 e. The number of ether oxygens (including phenoxy) is 2. The van der Waals surface area contributed by atoms with Gasteiger partial charge in [0.25, 0.3) is 11.6 Å². The molecule has 1 amide bonds. The first-order valence-corrected chi connectivity index (χ1v) is 11.1. The van der Waals surface area contributed by atoms with E-state index in [-0.39, 0.29) is 11.6 Å². The van der Waals surface area contributed by atoms with E-state index in [2.05, 4.69) is 9.88 Å². The topological polar surface area (TPSA) is 98.0 Å². The number of fused-ring (bicyclic) bond motifs is 1. The van der Waals surface area contributed by atoms with Gasteiger partial charge in [0, 0.05) is 36.9 Å². The third-order valence-corrected chi connectivity index (χ3v) is 5.93. The first-order valence-electron chi connectivity index (χ1n) is 10.2. The van der Waals surface area contributed by atoms with Gasteiger partial charge >= 0.3 is 0 Å². The molecule has 3 rings (SSSR count). The van der Waals surface area contributed by atoms with Gasteiger partial charge in [0.1, 0.15) is 0 Å². The highest BCUT2D eigenvalue weighted by atomic mass is 32.1. The zero-order valence-electron chi connectivity index (χ0n) is 19.0. The summed E-state index contributed by atoms with van der Waals surface area (Å²) in [5.74, 6) is 0.958. The summed E-state index contributed by atoms with van der Waals surface area (Å²) in [5, 5.41) is 11.4. The van der Waals surface area contributed by atoms with Gasteiger partial charge in [-0.15, -0.1) is 0 Å². The summed E-state index contributed by atoms with van der Waals surface area (Å²) in [6.07, 6.45) is 3.88. The molecule has 0 radical (unpaired) electrons. The number of rotatable bonds is 10. The molecule has 0 spiro atoms. The van der Waals surface area contributed by atoms with E-state index in [0.717, 1.165) is 23.2 Å². The minimum atomic E-state index is -0.456. The van der Waals surface area contributed by atoms with Crippen molar-refractivity contribution in [1.82, 2.24) is 9.88 Å². The van der Waals surface area contributed by atoms with E-state index >= 15 is 0 Å². The molecular weight excluding hydrogens is 444 g/mol. The zero-order valence-corrected chi connectivity index (χ0v) is 19.8. The fourth-order valence-electron chi connectivity index (χ4n) is 3.17. The number of thiazole rings is 1. The molecule has 0 fully saturated rings. The zero-order chi connectivity index (χ0) is 24.0. The highest BCUT2D eigenvalue weighted by Gasteiger charge is 2.19. The molecule has 0 saturated carbocycles. The SMILES string of the molecule is COc1cc2nc(N(CCCN(C)C)C(=O)C=Cc3ccc([N+](=O)[O-])cc3)sc2cc1OC. The second kappa shape index (κ2) is 10.9. The molecule has 0 aliphatic heterocycles. The predicted molar refractivity (Wildman–Crippen MR) is 130 cm³/mol. The van der Waals surface area contributed by atoms with E-state index in [0.29, 0.717) is 28.7 Å². The van der Waals surface area contributed by atoms with Gasteiger partial charge in [0.05, 0.1) is 29.4 Å². The molecule has 0 aliphatic carbocycles. The Kier molecular flexibility index (Phi) is 7.96. The minimum absolute atomic E-state index is 0.00382. The van der Waals surface area contributed by atoms with Crippen LogP contribution in [0, 0.1) is 10.1 Å². The Morgan fingerprint density at radius 3 is 2.39 bits per heavy atom. The van der Waals surface area contributed by atoms with Crippen molar-refractivity contribution < 1.29 is 19.2 Å². The normalized spacial score (nSPS) is 11.3. The molecule has 3 aromatic rings. The molecule has 0 saturated heterocycles. The Morgan fingerprint density at radius 1 is 1.12 bits per heavy atom. The number of anilines is 1. The lowest BCUT2D eigenvalue weighted by molar-refractivity contribution is -0.384. The first kappa shape index (κ1) is 24.1. The molecular formula is C23H26N4O5S. The monoisotopic (exact) mass is 470 g/mol. The molecule has 0 bridgehead atoms. The molecule has 33 heavy (non-hydrogen) atoms. The van der Waals surface area contributed by atoms with Gasteiger partial charge < -0.3 is 14.4 Å². The van der Waals surface area contributed by atoms with Crippen LogP contribution in [0.15, 0.2) is 42.5 Å². The van der Waals surface area contributed by atoms with E-state index in [1.807, 2.05) is 20.2 Å². The number of aromatic nitrogens is 1. The van der Waals surface area contributed by atoms with E-state index in [1.54, 1.807) is 43.4 Å². The van der Waals surface area contributed by atoms with Crippen molar-refractivity contribution in [2.75, 3.05) is 46.3 Å². The van der Waals surface area contributed by atoms with Crippen molar-refractivity contribution in [3.8, 4) is 11.5 Å². The van der Waals surface area contributed by atoms with Crippen LogP contribution in [0.25, 0.3) is 16.3 Å². The van der Waals surface area contributed by atoms with Crippen LogP contribution >= 0.6 is 11.3 Å². The first-order chi connectivity index (χ1) is 15.8. The molecule has 2 aromatic carbocycles. The predicted octanol–water partition coefficient (Wildman–Crippen LogP) is 4.22. The Hall–Kier alpha value is -3.50. The van der Waals surface area contributed by atoms with Gasteiger partial charge in [-0.05, 0) is 50.8 Å². The molecule has 0 atom stereocenters. The van der Waals surface area contributed by atoms with Crippen LogP contribution in [-0.2, 0) is 4.79 Å². The number of nitrogens with zero attached hydrogens (tertiary/aromatic N) is 4. The molecule has 9 nitrogen and oxygen atoms in total. The van der Waals surface area contributed by atoms with Crippen molar-refractivity contribution in [2.45, 2.75) is 6.42 Å². The quantitative estimate of drug-likeness (QED) is 0.249. The van der Waals surface area contributed by atoms with E-state index in [9.17, 15) is 14.9 Å². The van der Waals surface area contributed by atoms with Crippen molar-refractivity contribution in [2.24, 2.45) is 0 Å². The molecule has 1 heterocycles. The molecule has 0 aliphatic rings. The summed E-state index contributed by atoms with van der Waals surface area (Å²) >= 11 is 1.40. The van der Waals surface area contributed by atoms with E-state index in [1.165, 1.54) is 29.5 Å². The van der Waals surface area contributed by atoms with Gasteiger partial charge in [-0.1, -0.05) is 11.3 Å². The number of non-ortho nitro benzene ring substituents is 1. The molecule has 0 unspecified atom stereocenters. The van der Waals surface area contributed by atoms with Crippen LogP contribution in [0.5, 0.6) is 11.5 Å². The number of benzene rings is 2. The Labute approximate surface area is 196 Å². The van der Waals surface area contributed by atoms with E-state index in [4.69, 9.17) is 9.47 Å². The fraction of sp³-hybridized carbons (Fsp3) is 0.304. The molecule has 174 valence electrons. The average Bonchev–Trinajstić information content (AvgIpc) is 3.21. The summed E-state index contributed by atoms with van der Waals surface area (Å²) in [7, 11) is 7.11. The lowest BCUT2D eigenvalue weighted by Crippen LogP contribution is -2.32. The Morgan fingerprint density at radius 2 is 1.79 bits per heavy atom. The van der Waals surface area contributed by atoms with Crippen molar-refractivity contribution in [3.05, 3.63) is 58.2 Å². The van der Waals surface area contributed by atoms with Gasteiger partial charge in [-0.25, -0.2) is 4.98 Å². The summed E-state index contributed by atoms with van der Waals surface area (Å²) in [6, 6.07) is 9.68. The fourth-order valence-corrected chi connectivity index (χ4v) is 4.18. The number of carbonyl (C=O) groups is 1. The maximum Gasteiger partial charge on any atom is 0.269 e. The minimum Gasteiger partial charge on any atom is -0.493 e. The number of amides is 1. The van der Waals surface area contributed by atoms with Gasteiger partial charge in [0.2, 0.25) is 0 Å². The summed E-state index contributed by atoms with van der Waals surface area (Å²) < 4.78 is 11.6. The highest BCUT2D eigenvalue weighted by molar-refractivity contribution is 7.22. The smallest absolute Gasteiger partial charge is 0.269 e. The van der Waals surface area contributed by atoms with Gasteiger partial charge in [0.15, 0.2) is 16.6 Å². The summed E-state index contributed by atoms with van der Waals surface area (Å²) in [5.41, 5.74) is 1.42. The maximum atomic E-state index is 13.1.